The summed E-state index contributed by atoms with van der Waals surface area (Å²) in [5, 5.41) is 8.74. The summed E-state index contributed by atoms with van der Waals surface area (Å²) in [6, 6.07) is 0. The van der Waals surface area contributed by atoms with E-state index in [1.54, 1.807) is 18.9 Å². The van der Waals surface area contributed by atoms with Crippen LogP contribution in [0.1, 0.15) is 10.6 Å². The van der Waals surface area contributed by atoms with Crippen molar-refractivity contribution in [1.29, 1.82) is 0 Å². The third-order valence-corrected chi connectivity index (χ3v) is 4.33. The molecule has 1 rings (SSSR count). The molecule has 1 aromatic rings. The largest absolute Gasteiger partial charge is 0.481 e. The fourth-order valence-electron chi connectivity index (χ4n) is 1.20. The van der Waals surface area contributed by atoms with E-state index in [0.717, 1.165) is 20.7 Å². The lowest BCUT2D eigenvalue weighted by Crippen LogP contribution is -2.04. The van der Waals surface area contributed by atoms with Gasteiger partial charge in [-0.3, -0.25) is 4.79 Å². The van der Waals surface area contributed by atoms with Crippen molar-refractivity contribution in [2.45, 2.75) is 17.7 Å². The highest BCUT2D eigenvalue weighted by Gasteiger charge is 2.10. The molecule has 0 bridgehead atoms. The standard InChI is InChI=1S/C11H17NO4S2/c1-8-9(7-10(13)14)18-11(12-8)17-6-5-16-4-3-15-2/h3-7H2,1-2H3,(H,13,14). The van der Waals surface area contributed by atoms with Gasteiger partial charge in [-0.25, -0.2) is 4.98 Å². The van der Waals surface area contributed by atoms with Gasteiger partial charge in [0.2, 0.25) is 0 Å². The second-order valence-corrected chi connectivity index (χ2v) is 5.94. The average molecular weight is 291 g/mol. The Labute approximate surface area is 115 Å². The number of rotatable bonds is 9. The first kappa shape index (κ1) is 15.4. The van der Waals surface area contributed by atoms with E-state index < -0.39 is 5.97 Å². The van der Waals surface area contributed by atoms with Crippen LogP contribution in [0.5, 0.6) is 0 Å². The number of hydrogen-bond acceptors (Lipinski definition) is 6. The molecule has 7 heteroatoms. The highest BCUT2D eigenvalue weighted by Crippen LogP contribution is 2.27. The number of carboxylic acids is 1. The number of thiazole rings is 1. The van der Waals surface area contributed by atoms with E-state index >= 15 is 0 Å². The molecule has 0 radical (unpaired) electrons. The Kier molecular flexibility index (Phi) is 7.26. The molecule has 0 unspecified atom stereocenters. The maximum atomic E-state index is 10.6. The topological polar surface area (TPSA) is 68.7 Å². The number of aliphatic carboxylic acids is 1. The number of hydrogen-bond donors (Lipinski definition) is 1. The molecule has 1 heterocycles. The Hall–Kier alpha value is -0.630. The van der Waals surface area contributed by atoms with Gasteiger partial charge in [0.1, 0.15) is 4.34 Å². The molecule has 5 nitrogen and oxygen atoms in total. The maximum Gasteiger partial charge on any atom is 0.308 e. The van der Waals surface area contributed by atoms with E-state index in [4.69, 9.17) is 14.6 Å². The molecule has 1 aromatic heterocycles. The van der Waals surface area contributed by atoms with Gasteiger partial charge in [-0.1, -0.05) is 11.8 Å². The highest BCUT2D eigenvalue weighted by molar-refractivity contribution is 8.01. The highest BCUT2D eigenvalue weighted by atomic mass is 32.2. The van der Waals surface area contributed by atoms with Crippen LogP contribution in [0.25, 0.3) is 0 Å². The van der Waals surface area contributed by atoms with E-state index in [1.165, 1.54) is 11.3 Å². The van der Waals surface area contributed by atoms with Crippen molar-refractivity contribution >= 4 is 29.1 Å². The SMILES string of the molecule is COCCOCCSc1nc(C)c(CC(=O)O)s1. The zero-order chi connectivity index (χ0) is 13.4. The van der Waals surface area contributed by atoms with E-state index in [2.05, 4.69) is 4.98 Å². The summed E-state index contributed by atoms with van der Waals surface area (Å²) in [6.07, 6.45) is 0.0500. The van der Waals surface area contributed by atoms with Crippen molar-refractivity contribution in [2.75, 3.05) is 32.7 Å². The molecule has 0 aromatic carbocycles. The zero-order valence-electron chi connectivity index (χ0n) is 10.5. The van der Waals surface area contributed by atoms with Gasteiger partial charge in [-0.05, 0) is 6.92 Å². The molecule has 0 aliphatic heterocycles. The normalized spacial score (nSPS) is 10.8. The van der Waals surface area contributed by atoms with Crippen LogP contribution in [0.3, 0.4) is 0 Å². The Bertz CT molecular complexity index is 381. The molecular formula is C11H17NO4S2. The van der Waals surface area contributed by atoms with Crippen molar-refractivity contribution in [3.63, 3.8) is 0 Å². The molecule has 18 heavy (non-hydrogen) atoms. The fourth-order valence-corrected chi connectivity index (χ4v) is 3.34. The summed E-state index contributed by atoms with van der Waals surface area (Å²) in [5.74, 6) is -0.00962. The number of aryl methyl sites for hydroxylation is 1. The van der Waals surface area contributed by atoms with Crippen LogP contribution in [-0.2, 0) is 20.7 Å². The molecule has 102 valence electrons. The van der Waals surface area contributed by atoms with Crippen LogP contribution in [0.15, 0.2) is 4.34 Å². The first-order valence-electron chi connectivity index (χ1n) is 5.51. The van der Waals surface area contributed by atoms with Crippen molar-refractivity contribution < 1.29 is 19.4 Å². The molecular weight excluding hydrogens is 274 g/mol. The quantitative estimate of drug-likeness (QED) is 0.553. The molecule has 0 fully saturated rings. The average Bonchev–Trinajstić information content (AvgIpc) is 2.64. The lowest BCUT2D eigenvalue weighted by molar-refractivity contribution is -0.136. The summed E-state index contributed by atoms with van der Waals surface area (Å²) in [7, 11) is 1.64. The van der Waals surface area contributed by atoms with Crippen molar-refractivity contribution in [3.8, 4) is 0 Å². The van der Waals surface area contributed by atoms with Gasteiger partial charge in [0.05, 0.1) is 31.9 Å². The lowest BCUT2D eigenvalue weighted by atomic mass is 10.3. The Morgan fingerprint density at radius 3 is 2.89 bits per heavy atom. The van der Waals surface area contributed by atoms with E-state index in [1.807, 2.05) is 6.92 Å². The first-order valence-corrected chi connectivity index (χ1v) is 7.31. The number of carbonyl (C=O) groups is 1. The molecule has 0 aliphatic carbocycles. The monoisotopic (exact) mass is 291 g/mol. The molecule has 0 atom stereocenters. The molecule has 0 spiro atoms. The number of carboxylic acid groups (broad SMARTS) is 1. The van der Waals surface area contributed by atoms with Crippen LogP contribution in [-0.4, -0.2) is 48.7 Å². The van der Waals surface area contributed by atoms with Crippen LogP contribution >= 0.6 is 23.1 Å². The first-order chi connectivity index (χ1) is 8.63. The summed E-state index contributed by atoms with van der Waals surface area (Å²) < 4.78 is 11.1. The molecule has 0 saturated heterocycles. The van der Waals surface area contributed by atoms with E-state index in [9.17, 15) is 4.79 Å². The van der Waals surface area contributed by atoms with Crippen molar-refractivity contribution in [1.82, 2.24) is 4.98 Å². The fraction of sp³-hybridized carbons (Fsp3) is 0.636. The Balaban J connectivity index is 2.28. The Morgan fingerprint density at radius 1 is 1.44 bits per heavy atom. The van der Waals surface area contributed by atoms with Gasteiger partial charge in [0.25, 0.3) is 0 Å². The van der Waals surface area contributed by atoms with Crippen molar-refractivity contribution in [2.24, 2.45) is 0 Å². The minimum atomic E-state index is -0.818. The second-order valence-electron chi connectivity index (χ2n) is 3.51. The van der Waals surface area contributed by atoms with Crippen LogP contribution in [0.2, 0.25) is 0 Å². The molecule has 0 amide bonds. The van der Waals surface area contributed by atoms with Crippen LogP contribution in [0.4, 0.5) is 0 Å². The van der Waals surface area contributed by atoms with Crippen LogP contribution < -0.4 is 0 Å². The smallest absolute Gasteiger partial charge is 0.308 e. The lowest BCUT2D eigenvalue weighted by Gasteiger charge is -2.01. The summed E-state index contributed by atoms with van der Waals surface area (Å²) in [6.45, 7) is 3.68. The number of nitrogens with zero attached hydrogens (tertiary/aromatic N) is 1. The predicted molar refractivity (Wildman–Crippen MR) is 71.6 cm³/mol. The summed E-state index contributed by atoms with van der Waals surface area (Å²) in [4.78, 5) is 15.8. The van der Waals surface area contributed by atoms with Gasteiger partial charge in [-0.15, -0.1) is 11.3 Å². The van der Waals surface area contributed by atoms with E-state index in [-0.39, 0.29) is 6.42 Å². The molecule has 0 saturated carbocycles. The summed E-state index contributed by atoms with van der Waals surface area (Å²) >= 11 is 3.04. The van der Waals surface area contributed by atoms with Gasteiger partial charge in [-0.2, -0.15) is 0 Å². The number of thioether (sulfide) groups is 1. The number of ether oxygens (including phenoxy) is 2. The predicted octanol–water partition coefficient (Wildman–Crippen LogP) is 1.83. The Morgan fingerprint density at radius 2 is 2.22 bits per heavy atom. The molecule has 0 aliphatic rings. The zero-order valence-corrected chi connectivity index (χ0v) is 12.1. The minimum Gasteiger partial charge on any atom is -0.481 e. The van der Waals surface area contributed by atoms with Crippen molar-refractivity contribution in [3.05, 3.63) is 10.6 Å². The minimum absolute atomic E-state index is 0.0500. The third-order valence-electron chi connectivity index (χ3n) is 2.07. The van der Waals surface area contributed by atoms with Gasteiger partial charge in [0.15, 0.2) is 0 Å². The van der Waals surface area contributed by atoms with E-state index in [0.29, 0.717) is 19.8 Å². The van der Waals surface area contributed by atoms with Gasteiger partial charge >= 0.3 is 5.97 Å². The van der Waals surface area contributed by atoms with Crippen LogP contribution in [0, 0.1) is 6.92 Å². The number of aromatic nitrogens is 1. The maximum absolute atomic E-state index is 10.6. The molecule has 1 N–H and O–H groups in total. The number of methoxy groups -OCH3 is 1. The van der Waals surface area contributed by atoms with Gasteiger partial charge in [0, 0.05) is 17.7 Å². The second kappa shape index (κ2) is 8.47. The summed E-state index contributed by atoms with van der Waals surface area (Å²) in [5.41, 5.74) is 0.810. The van der Waals surface area contributed by atoms with Gasteiger partial charge < -0.3 is 14.6 Å². The third kappa shape index (κ3) is 5.81.